The molecule has 0 aliphatic heterocycles. The summed E-state index contributed by atoms with van der Waals surface area (Å²) in [5.74, 6) is -5.31. The van der Waals surface area contributed by atoms with E-state index in [0.29, 0.717) is 0 Å². The number of Topliss-reactive ketones (excluding diaryl/α,β-unsaturated/α-hetero) is 3. The third-order valence-electron chi connectivity index (χ3n) is 2.54. The Hall–Kier alpha value is -0.260. The molecule has 0 heterocycles. The fourth-order valence-corrected chi connectivity index (χ4v) is 1.70. The minimum absolute atomic E-state index is 0. The number of hydrogen-bond donors (Lipinski definition) is 0. The SMILES string of the molecule is CCC(=O)C1C(=O)CC(C(=O)[O-])CC1=O.[Ca+2]. The number of carboxylic acid groups (broad SMARTS) is 1. The average molecular weight is 251 g/mol. The molecular weight excluding hydrogens is 240 g/mol. The van der Waals surface area contributed by atoms with E-state index >= 15 is 0 Å². The average Bonchev–Trinajstić information content (AvgIpc) is 2.16. The topological polar surface area (TPSA) is 91.3 Å². The molecule has 5 nitrogen and oxygen atoms in total. The molecule has 0 aromatic heterocycles. The summed E-state index contributed by atoms with van der Waals surface area (Å²) in [5.41, 5.74) is 0. The van der Waals surface area contributed by atoms with Gasteiger partial charge in [0.2, 0.25) is 0 Å². The van der Waals surface area contributed by atoms with Crippen LogP contribution < -0.4 is 5.11 Å². The number of carbonyl (C=O) groups excluding carboxylic acids is 4. The van der Waals surface area contributed by atoms with Gasteiger partial charge in [-0.15, -0.1) is 0 Å². The summed E-state index contributed by atoms with van der Waals surface area (Å²) in [5, 5.41) is 10.5. The molecule has 16 heavy (non-hydrogen) atoms. The van der Waals surface area contributed by atoms with Gasteiger partial charge in [-0.05, 0) is 0 Å². The Morgan fingerprint density at radius 3 is 2.00 bits per heavy atom. The first-order valence-corrected chi connectivity index (χ1v) is 4.76. The van der Waals surface area contributed by atoms with Gasteiger partial charge in [0.05, 0.1) is 0 Å². The second-order valence-corrected chi connectivity index (χ2v) is 3.61. The van der Waals surface area contributed by atoms with E-state index in [9.17, 15) is 24.3 Å². The van der Waals surface area contributed by atoms with Crippen LogP contribution in [0.25, 0.3) is 0 Å². The van der Waals surface area contributed by atoms with Crippen LogP contribution in [0.15, 0.2) is 0 Å². The summed E-state index contributed by atoms with van der Waals surface area (Å²) < 4.78 is 0. The maximum Gasteiger partial charge on any atom is 2.00 e. The molecule has 0 unspecified atom stereocenters. The number of carbonyl (C=O) groups is 4. The molecule has 0 saturated heterocycles. The molecule has 0 spiro atoms. The molecule has 82 valence electrons. The van der Waals surface area contributed by atoms with Crippen molar-refractivity contribution in [3.8, 4) is 0 Å². The van der Waals surface area contributed by atoms with Crippen LogP contribution >= 0.6 is 0 Å². The molecule has 0 amide bonds. The molecule has 0 N–H and O–H groups in total. The summed E-state index contributed by atoms with van der Waals surface area (Å²) in [7, 11) is 0. The maximum atomic E-state index is 11.4. The molecule has 1 aliphatic carbocycles. The summed E-state index contributed by atoms with van der Waals surface area (Å²) in [6, 6.07) is 0. The van der Waals surface area contributed by atoms with Crippen LogP contribution in [0.2, 0.25) is 0 Å². The molecule has 0 aromatic carbocycles. The molecule has 0 radical (unpaired) electrons. The zero-order valence-corrected chi connectivity index (χ0v) is 11.2. The first-order chi connectivity index (χ1) is 6.97. The van der Waals surface area contributed by atoms with Gasteiger partial charge in [-0.2, -0.15) is 0 Å². The van der Waals surface area contributed by atoms with Crippen LogP contribution in [0.5, 0.6) is 0 Å². The van der Waals surface area contributed by atoms with Crippen molar-refractivity contribution in [2.24, 2.45) is 11.8 Å². The van der Waals surface area contributed by atoms with Gasteiger partial charge in [-0.1, -0.05) is 6.92 Å². The van der Waals surface area contributed by atoms with Gasteiger partial charge in [-0.25, -0.2) is 0 Å². The van der Waals surface area contributed by atoms with Crippen LogP contribution in [0.3, 0.4) is 0 Å². The molecule has 1 fully saturated rings. The molecule has 0 bridgehead atoms. The third-order valence-corrected chi connectivity index (χ3v) is 2.54. The van der Waals surface area contributed by atoms with Gasteiger partial charge < -0.3 is 9.90 Å². The Balaban J connectivity index is 0.00000225. The second kappa shape index (κ2) is 6.47. The standard InChI is InChI=1S/C10H12O5.Ca/c1-2-6(11)9-7(12)3-5(10(14)15)4-8(9)13;/h5,9H,2-4H2,1H3,(H,14,15);/q;+2/p-1. The Kier molecular flexibility index (Phi) is 6.36. The van der Waals surface area contributed by atoms with Crippen molar-refractivity contribution in [3.05, 3.63) is 0 Å². The van der Waals surface area contributed by atoms with Crippen molar-refractivity contribution in [1.29, 1.82) is 0 Å². The molecule has 0 atom stereocenters. The minimum atomic E-state index is -1.40. The normalized spacial score (nSPS) is 24.8. The minimum Gasteiger partial charge on any atom is -0.550 e. The number of ketones is 3. The van der Waals surface area contributed by atoms with Crippen molar-refractivity contribution in [2.45, 2.75) is 26.2 Å². The van der Waals surface area contributed by atoms with Gasteiger partial charge in [0, 0.05) is 31.1 Å². The Morgan fingerprint density at radius 2 is 1.69 bits per heavy atom. The molecule has 6 heteroatoms. The smallest absolute Gasteiger partial charge is 0.550 e. The van der Waals surface area contributed by atoms with E-state index in [1.165, 1.54) is 0 Å². The summed E-state index contributed by atoms with van der Waals surface area (Å²) in [6.45, 7) is 1.56. The fraction of sp³-hybridized carbons (Fsp3) is 0.600. The predicted molar refractivity (Wildman–Crippen MR) is 52.3 cm³/mol. The van der Waals surface area contributed by atoms with Gasteiger partial charge in [0.1, 0.15) is 5.92 Å². The summed E-state index contributed by atoms with van der Waals surface area (Å²) in [6.07, 6.45) is -0.437. The van der Waals surface area contributed by atoms with Crippen molar-refractivity contribution >= 4 is 61.1 Å². The van der Waals surface area contributed by atoms with Gasteiger partial charge in [0.15, 0.2) is 17.3 Å². The van der Waals surface area contributed by atoms with E-state index in [0.717, 1.165) is 0 Å². The Bertz CT molecular complexity index is 318. The fourth-order valence-electron chi connectivity index (χ4n) is 1.70. The van der Waals surface area contributed by atoms with Crippen LogP contribution in [-0.2, 0) is 19.2 Å². The van der Waals surface area contributed by atoms with E-state index < -0.39 is 35.2 Å². The van der Waals surface area contributed by atoms with Gasteiger partial charge in [-0.3, -0.25) is 14.4 Å². The van der Waals surface area contributed by atoms with Crippen molar-refractivity contribution < 1.29 is 24.3 Å². The van der Waals surface area contributed by atoms with Gasteiger partial charge >= 0.3 is 37.7 Å². The molecular formula is C10H11CaO5+. The van der Waals surface area contributed by atoms with Crippen LogP contribution in [-0.4, -0.2) is 61.1 Å². The Morgan fingerprint density at radius 1 is 1.25 bits per heavy atom. The number of hydrogen-bond acceptors (Lipinski definition) is 5. The quantitative estimate of drug-likeness (QED) is 0.449. The van der Waals surface area contributed by atoms with E-state index in [1.807, 2.05) is 0 Å². The van der Waals surface area contributed by atoms with Gasteiger partial charge in [0.25, 0.3) is 0 Å². The summed E-state index contributed by atoms with van der Waals surface area (Å²) in [4.78, 5) is 44.5. The number of rotatable bonds is 3. The first-order valence-electron chi connectivity index (χ1n) is 4.76. The van der Waals surface area contributed by atoms with Crippen molar-refractivity contribution in [1.82, 2.24) is 0 Å². The largest absolute Gasteiger partial charge is 2.00 e. The third kappa shape index (κ3) is 3.37. The molecule has 1 rings (SSSR count). The molecule has 1 aliphatic rings. The van der Waals surface area contributed by atoms with Crippen LogP contribution in [0.4, 0.5) is 0 Å². The van der Waals surface area contributed by atoms with E-state index in [4.69, 9.17) is 0 Å². The zero-order valence-electron chi connectivity index (χ0n) is 9.02. The summed E-state index contributed by atoms with van der Waals surface area (Å²) >= 11 is 0. The van der Waals surface area contributed by atoms with Crippen LogP contribution in [0, 0.1) is 11.8 Å². The number of carboxylic acids is 1. The maximum absolute atomic E-state index is 11.4. The molecule has 1 saturated carbocycles. The van der Waals surface area contributed by atoms with Crippen molar-refractivity contribution in [2.75, 3.05) is 0 Å². The monoisotopic (exact) mass is 251 g/mol. The second-order valence-electron chi connectivity index (χ2n) is 3.61. The number of aliphatic carboxylic acids is 1. The van der Waals surface area contributed by atoms with Crippen molar-refractivity contribution in [3.63, 3.8) is 0 Å². The predicted octanol–water partition coefficient (Wildman–Crippen LogP) is -1.50. The first kappa shape index (κ1) is 15.7. The molecule has 0 aromatic rings. The Labute approximate surface area is 123 Å². The van der Waals surface area contributed by atoms with E-state index in [2.05, 4.69) is 0 Å². The van der Waals surface area contributed by atoms with E-state index in [-0.39, 0.29) is 57.0 Å². The zero-order chi connectivity index (χ0) is 11.6. The van der Waals surface area contributed by atoms with E-state index in [1.54, 1.807) is 6.92 Å². The van der Waals surface area contributed by atoms with Crippen LogP contribution in [0.1, 0.15) is 26.2 Å².